The monoisotopic (exact) mass is 268 g/mol. The molecular formula is C15H28N2O2. The van der Waals surface area contributed by atoms with Crippen LogP contribution < -0.4 is 11.1 Å². The van der Waals surface area contributed by atoms with Crippen molar-refractivity contribution in [3.8, 4) is 0 Å². The van der Waals surface area contributed by atoms with E-state index in [2.05, 4.69) is 5.32 Å². The van der Waals surface area contributed by atoms with E-state index < -0.39 is 6.04 Å². The summed E-state index contributed by atoms with van der Waals surface area (Å²) < 4.78 is 5.79. The Balaban J connectivity index is 1.92. The Labute approximate surface area is 116 Å². The maximum absolute atomic E-state index is 12.2. The van der Waals surface area contributed by atoms with Crippen LogP contribution in [0.5, 0.6) is 0 Å². The molecule has 4 heteroatoms. The number of carbonyl (C=O) groups excluding carboxylic acids is 1. The lowest BCUT2D eigenvalue weighted by Gasteiger charge is -2.61. The molecule has 4 nitrogen and oxygen atoms in total. The number of nitrogens with one attached hydrogen (secondary N) is 1. The zero-order valence-corrected chi connectivity index (χ0v) is 12.7. The Bertz CT molecular complexity index is 345. The van der Waals surface area contributed by atoms with Gasteiger partial charge in [0, 0.05) is 18.1 Å². The first-order chi connectivity index (χ1) is 8.81. The molecule has 0 aromatic carbocycles. The fraction of sp³-hybridized carbons (Fsp3) is 0.933. The van der Waals surface area contributed by atoms with Crippen LogP contribution in [0.4, 0.5) is 0 Å². The highest BCUT2D eigenvalue weighted by Gasteiger charge is 2.59. The summed E-state index contributed by atoms with van der Waals surface area (Å²) in [6.45, 7) is 8.79. The molecule has 0 radical (unpaired) electrons. The minimum Gasteiger partial charge on any atom is -0.378 e. The summed E-state index contributed by atoms with van der Waals surface area (Å²) in [6.07, 6.45) is 4.88. The first-order valence-corrected chi connectivity index (χ1v) is 7.49. The van der Waals surface area contributed by atoms with Gasteiger partial charge in [0.1, 0.15) is 0 Å². The second-order valence-corrected chi connectivity index (χ2v) is 7.17. The highest BCUT2D eigenvalue weighted by Crippen LogP contribution is 2.57. The Morgan fingerprint density at radius 1 is 1.47 bits per heavy atom. The van der Waals surface area contributed by atoms with E-state index in [4.69, 9.17) is 10.5 Å². The second-order valence-electron chi connectivity index (χ2n) is 7.17. The molecule has 2 unspecified atom stereocenters. The van der Waals surface area contributed by atoms with E-state index in [0.29, 0.717) is 6.10 Å². The highest BCUT2D eigenvalue weighted by molar-refractivity contribution is 5.82. The fourth-order valence-corrected chi connectivity index (χ4v) is 3.30. The molecule has 0 aromatic heterocycles. The second kappa shape index (κ2) is 5.06. The first-order valence-electron chi connectivity index (χ1n) is 7.49. The number of hydrogen-bond donors (Lipinski definition) is 2. The van der Waals surface area contributed by atoms with Crippen molar-refractivity contribution in [3.63, 3.8) is 0 Å². The summed E-state index contributed by atoms with van der Waals surface area (Å²) in [5, 5.41) is 3.16. The van der Waals surface area contributed by atoms with Crippen LogP contribution in [0.3, 0.4) is 0 Å². The molecule has 2 aliphatic carbocycles. The van der Waals surface area contributed by atoms with Crippen LogP contribution in [0, 0.1) is 10.8 Å². The molecule has 3 N–H and O–H groups in total. The number of ether oxygens (including phenoxy) is 1. The van der Waals surface area contributed by atoms with Gasteiger partial charge in [-0.15, -0.1) is 0 Å². The van der Waals surface area contributed by atoms with Crippen molar-refractivity contribution in [2.24, 2.45) is 16.6 Å². The maximum Gasteiger partial charge on any atom is 0.237 e. The third-order valence-corrected chi connectivity index (χ3v) is 4.97. The summed E-state index contributed by atoms with van der Waals surface area (Å²) in [7, 11) is 0. The summed E-state index contributed by atoms with van der Waals surface area (Å²) in [4.78, 5) is 12.2. The fourth-order valence-electron chi connectivity index (χ4n) is 3.30. The lowest BCUT2D eigenvalue weighted by Crippen LogP contribution is -2.69. The number of amides is 1. The molecule has 1 amide bonds. The van der Waals surface area contributed by atoms with Crippen LogP contribution in [0.2, 0.25) is 0 Å². The van der Waals surface area contributed by atoms with E-state index in [1.54, 1.807) is 0 Å². The maximum atomic E-state index is 12.2. The van der Waals surface area contributed by atoms with E-state index in [-0.39, 0.29) is 22.8 Å². The molecule has 0 aromatic rings. The van der Waals surface area contributed by atoms with Crippen LogP contribution >= 0.6 is 0 Å². The Hall–Kier alpha value is -0.610. The van der Waals surface area contributed by atoms with Crippen molar-refractivity contribution in [3.05, 3.63) is 0 Å². The van der Waals surface area contributed by atoms with Crippen molar-refractivity contribution in [2.45, 2.75) is 71.6 Å². The van der Waals surface area contributed by atoms with Gasteiger partial charge in [0.05, 0.1) is 12.1 Å². The predicted molar refractivity (Wildman–Crippen MR) is 75.7 cm³/mol. The van der Waals surface area contributed by atoms with Crippen molar-refractivity contribution < 1.29 is 9.53 Å². The van der Waals surface area contributed by atoms with Gasteiger partial charge in [-0.1, -0.05) is 27.2 Å². The average molecular weight is 268 g/mol. The molecule has 2 rings (SSSR count). The van der Waals surface area contributed by atoms with Crippen molar-refractivity contribution >= 4 is 5.91 Å². The summed E-state index contributed by atoms with van der Waals surface area (Å²) >= 11 is 0. The van der Waals surface area contributed by atoms with E-state index in [0.717, 1.165) is 13.0 Å². The van der Waals surface area contributed by atoms with Gasteiger partial charge < -0.3 is 15.8 Å². The van der Waals surface area contributed by atoms with Gasteiger partial charge >= 0.3 is 0 Å². The van der Waals surface area contributed by atoms with Crippen LogP contribution in [-0.2, 0) is 9.53 Å². The molecule has 2 aliphatic rings. The van der Waals surface area contributed by atoms with Crippen LogP contribution in [0.1, 0.15) is 53.4 Å². The number of carbonyl (C=O) groups is 1. The highest BCUT2D eigenvalue weighted by atomic mass is 16.5. The zero-order chi connectivity index (χ0) is 14.3. The van der Waals surface area contributed by atoms with Gasteiger partial charge in [0.25, 0.3) is 0 Å². The minimum atomic E-state index is -0.448. The zero-order valence-electron chi connectivity index (χ0n) is 12.7. The Morgan fingerprint density at radius 3 is 2.53 bits per heavy atom. The summed E-state index contributed by atoms with van der Waals surface area (Å²) in [6, 6.07) is -0.186. The average Bonchev–Trinajstić information content (AvgIpc) is 2.22. The largest absolute Gasteiger partial charge is 0.378 e. The van der Waals surface area contributed by atoms with E-state index in [1.807, 2.05) is 27.7 Å². The lowest BCUT2D eigenvalue weighted by molar-refractivity contribution is -0.176. The van der Waals surface area contributed by atoms with Gasteiger partial charge in [-0.05, 0) is 31.6 Å². The van der Waals surface area contributed by atoms with Crippen molar-refractivity contribution in [1.29, 1.82) is 0 Å². The third kappa shape index (κ3) is 2.52. The molecule has 1 spiro atoms. The molecule has 0 bridgehead atoms. The molecule has 110 valence electrons. The molecule has 0 saturated heterocycles. The molecule has 3 atom stereocenters. The standard InChI is InChI=1S/C15H28N2O2/c1-5-19-11-9-10(15(11)7-6-8-15)17-13(18)12(16)14(2,3)4/h10-12H,5-9,16H2,1-4H3,(H,17,18)/t10?,11?,12-/m1/s1. The molecular weight excluding hydrogens is 240 g/mol. The molecule has 2 fully saturated rings. The van der Waals surface area contributed by atoms with Gasteiger partial charge in [-0.25, -0.2) is 0 Å². The molecule has 19 heavy (non-hydrogen) atoms. The molecule has 0 heterocycles. The van der Waals surface area contributed by atoms with Gasteiger partial charge in [-0.3, -0.25) is 4.79 Å². The third-order valence-electron chi connectivity index (χ3n) is 4.97. The SMILES string of the molecule is CCOC1CC(NC(=O)[C@@H](N)C(C)(C)C)C12CCC2. The molecule has 2 saturated carbocycles. The van der Waals surface area contributed by atoms with E-state index in [9.17, 15) is 4.79 Å². The number of nitrogens with two attached hydrogens (primary N) is 1. The normalized spacial score (nSPS) is 30.4. The Kier molecular flexibility index (Phi) is 3.94. The quantitative estimate of drug-likeness (QED) is 0.817. The number of rotatable bonds is 4. The summed E-state index contributed by atoms with van der Waals surface area (Å²) in [5.74, 6) is -0.0151. The summed E-state index contributed by atoms with van der Waals surface area (Å²) in [5.41, 5.74) is 6.04. The minimum absolute atomic E-state index is 0.0151. The van der Waals surface area contributed by atoms with Crippen molar-refractivity contribution in [1.82, 2.24) is 5.32 Å². The topological polar surface area (TPSA) is 64.3 Å². The lowest BCUT2D eigenvalue weighted by atomic mass is 9.51. The first kappa shape index (κ1) is 14.8. The van der Waals surface area contributed by atoms with Crippen LogP contribution in [0.15, 0.2) is 0 Å². The van der Waals surface area contributed by atoms with Gasteiger partial charge in [0.15, 0.2) is 0 Å². The Morgan fingerprint density at radius 2 is 2.11 bits per heavy atom. The van der Waals surface area contributed by atoms with E-state index in [1.165, 1.54) is 19.3 Å². The number of hydrogen-bond acceptors (Lipinski definition) is 3. The van der Waals surface area contributed by atoms with Crippen molar-refractivity contribution in [2.75, 3.05) is 6.61 Å². The smallest absolute Gasteiger partial charge is 0.237 e. The van der Waals surface area contributed by atoms with Gasteiger partial charge in [-0.2, -0.15) is 0 Å². The van der Waals surface area contributed by atoms with Gasteiger partial charge in [0.2, 0.25) is 5.91 Å². The van der Waals surface area contributed by atoms with Crippen LogP contribution in [-0.4, -0.2) is 30.7 Å². The van der Waals surface area contributed by atoms with E-state index >= 15 is 0 Å². The van der Waals surface area contributed by atoms with Crippen LogP contribution in [0.25, 0.3) is 0 Å². The molecule has 0 aliphatic heterocycles. The predicted octanol–water partition coefficient (Wildman–Crippen LogP) is 1.82.